The van der Waals surface area contributed by atoms with Crippen molar-refractivity contribution in [3.05, 3.63) is 0 Å². The Balaban J connectivity index is 2.21. The van der Waals surface area contributed by atoms with Gasteiger partial charge in [-0.1, -0.05) is 20.8 Å². The van der Waals surface area contributed by atoms with Gasteiger partial charge in [-0.2, -0.15) is 0 Å². The van der Waals surface area contributed by atoms with E-state index in [-0.39, 0.29) is 29.3 Å². The normalized spacial score (nSPS) is 40.2. The van der Waals surface area contributed by atoms with Crippen LogP contribution in [0, 0.1) is 17.3 Å². The third-order valence-corrected chi connectivity index (χ3v) is 4.44. The van der Waals surface area contributed by atoms with Crippen LogP contribution in [0.15, 0.2) is 0 Å². The first kappa shape index (κ1) is 12.4. The van der Waals surface area contributed by atoms with Crippen molar-refractivity contribution in [3.63, 3.8) is 0 Å². The molecule has 2 aliphatic rings. The zero-order valence-corrected chi connectivity index (χ0v) is 10.9. The van der Waals surface area contributed by atoms with Crippen molar-refractivity contribution in [2.45, 2.75) is 52.6 Å². The predicted molar refractivity (Wildman–Crippen MR) is 63.4 cm³/mol. The van der Waals surface area contributed by atoms with Crippen LogP contribution in [0.2, 0.25) is 0 Å². The van der Waals surface area contributed by atoms with Gasteiger partial charge in [0.2, 0.25) is 5.91 Å². The first-order valence-corrected chi connectivity index (χ1v) is 6.29. The number of aliphatic carboxylic acids is 1. The lowest BCUT2D eigenvalue weighted by Gasteiger charge is -2.41. The van der Waals surface area contributed by atoms with Crippen molar-refractivity contribution in [2.24, 2.45) is 17.3 Å². The molecule has 2 fully saturated rings. The van der Waals surface area contributed by atoms with E-state index < -0.39 is 11.9 Å². The SMILES string of the molecule is CC1CC(=O)N(C2CC2(C)C)C(C)C1C(=O)O. The summed E-state index contributed by atoms with van der Waals surface area (Å²) in [4.78, 5) is 25.2. The average molecular weight is 239 g/mol. The molecule has 0 radical (unpaired) electrons. The topological polar surface area (TPSA) is 57.6 Å². The second-order valence-electron chi connectivity index (χ2n) is 6.30. The number of rotatable bonds is 2. The minimum atomic E-state index is -0.777. The van der Waals surface area contributed by atoms with Gasteiger partial charge in [0.1, 0.15) is 0 Å². The summed E-state index contributed by atoms with van der Waals surface area (Å²) >= 11 is 0. The summed E-state index contributed by atoms with van der Waals surface area (Å²) in [5, 5.41) is 9.28. The number of carboxylic acids is 1. The Hall–Kier alpha value is -1.06. The largest absolute Gasteiger partial charge is 0.481 e. The van der Waals surface area contributed by atoms with Crippen LogP contribution in [0.4, 0.5) is 0 Å². The highest BCUT2D eigenvalue weighted by Crippen LogP contribution is 2.51. The second-order valence-corrected chi connectivity index (χ2v) is 6.30. The Morgan fingerprint density at radius 2 is 1.94 bits per heavy atom. The molecule has 0 aromatic carbocycles. The van der Waals surface area contributed by atoms with Gasteiger partial charge in [0.15, 0.2) is 0 Å². The summed E-state index contributed by atoms with van der Waals surface area (Å²) in [7, 11) is 0. The summed E-state index contributed by atoms with van der Waals surface area (Å²) in [5.74, 6) is -1.14. The number of likely N-dealkylation sites (tertiary alicyclic amines) is 1. The monoisotopic (exact) mass is 239 g/mol. The van der Waals surface area contributed by atoms with Crippen LogP contribution in [0.1, 0.15) is 40.5 Å². The fraction of sp³-hybridized carbons (Fsp3) is 0.846. The summed E-state index contributed by atoms with van der Waals surface area (Å²) < 4.78 is 0. The average Bonchev–Trinajstić information content (AvgIpc) is 2.72. The van der Waals surface area contributed by atoms with Gasteiger partial charge in [0.05, 0.1) is 5.92 Å². The molecular formula is C13H21NO3. The molecule has 4 nitrogen and oxygen atoms in total. The molecule has 1 saturated heterocycles. The number of carbonyl (C=O) groups excluding carboxylic acids is 1. The highest BCUT2D eigenvalue weighted by Gasteiger charge is 2.55. The summed E-state index contributed by atoms with van der Waals surface area (Å²) in [6.45, 7) is 8.00. The molecule has 96 valence electrons. The molecule has 0 aromatic heterocycles. The van der Waals surface area contributed by atoms with E-state index in [1.807, 2.05) is 18.7 Å². The molecule has 1 aliphatic heterocycles. The third-order valence-electron chi connectivity index (χ3n) is 4.44. The van der Waals surface area contributed by atoms with Gasteiger partial charge in [0, 0.05) is 18.5 Å². The van der Waals surface area contributed by atoms with Crippen LogP contribution < -0.4 is 0 Å². The van der Waals surface area contributed by atoms with E-state index >= 15 is 0 Å². The Bertz CT molecular complexity index is 364. The van der Waals surface area contributed by atoms with E-state index in [0.29, 0.717) is 6.42 Å². The van der Waals surface area contributed by atoms with E-state index in [0.717, 1.165) is 6.42 Å². The van der Waals surface area contributed by atoms with Crippen molar-refractivity contribution in [1.82, 2.24) is 4.90 Å². The molecule has 2 rings (SSSR count). The van der Waals surface area contributed by atoms with Crippen molar-refractivity contribution in [3.8, 4) is 0 Å². The van der Waals surface area contributed by atoms with E-state index in [1.165, 1.54) is 0 Å². The first-order valence-electron chi connectivity index (χ1n) is 6.29. The predicted octanol–water partition coefficient (Wildman–Crippen LogP) is 1.74. The third kappa shape index (κ3) is 1.94. The Kier molecular flexibility index (Phi) is 2.71. The fourth-order valence-corrected chi connectivity index (χ4v) is 3.21. The number of amides is 1. The van der Waals surface area contributed by atoms with E-state index in [2.05, 4.69) is 13.8 Å². The zero-order valence-electron chi connectivity index (χ0n) is 10.9. The molecule has 1 saturated carbocycles. The van der Waals surface area contributed by atoms with Gasteiger partial charge in [-0.3, -0.25) is 9.59 Å². The van der Waals surface area contributed by atoms with Crippen molar-refractivity contribution >= 4 is 11.9 Å². The zero-order chi connectivity index (χ0) is 13.0. The molecule has 0 bridgehead atoms. The number of carboxylic acid groups (broad SMARTS) is 1. The van der Waals surface area contributed by atoms with Gasteiger partial charge >= 0.3 is 5.97 Å². The van der Waals surface area contributed by atoms with Crippen LogP contribution in [0.3, 0.4) is 0 Å². The van der Waals surface area contributed by atoms with Crippen molar-refractivity contribution in [2.75, 3.05) is 0 Å². The Morgan fingerprint density at radius 1 is 1.41 bits per heavy atom. The molecule has 4 heteroatoms. The van der Waals surface area contributed by atoms with Crippen LogP contribution in [-0.4, -0.2) is 34.0 Å². The van der Waals surface area contributed by atoms with Crippen LogP contribution >= 0.6 is 0 Å². The highest BCUT2D eigenvalue weighted by atomic mass is 16.4. The highest BCUT2D eigenvalue weighted by molar-refractivity contribution is 5.82. The summed E-state index contributed by atoms with van der Waals surface area (Å²) in [6, 6.07) is 0.0508. The number of hydrogen-bond acceptors (Lipinski definition) is 2. The molecule has 17 heavy (non-hydrogen) atoms. The molecule has 1 N–H and O–H groups in total. The maximum Gasteiger partial charge on any atom is 0.308 e. The van der Waals surface area contributed by atoms with Gasteiger partial charge < -0.3 is 10.0 Å². The van der Waals surface area contributed by atoms with Crippen LogP contribution in [-0.2, 0) is 9.59 Å². The lowest BCUT2D eigenvalue weighted by Crippen LogP contribution is -2.54. The smallest absolute Gasteiger partial charge is 0.308 e. The Labute approximate surface area is 102 Å². The second kappa shape index (κ2) is 3.72. The quantitative estimate of drug-likeness (QED) is 0.798. The first-order chi connectivity index (χ1) is 7.75. The lowest BCUT2D eigenvalue weighted by molar-refractivity contribution is -0.155. The lowest BCUT2D eigenvalue weighted by atomic mass is 9.80. The van der Waals surface area contributed by atoms with E-state index in [9.17, 15) is 14.7 Å². The number of hydrogen-bond donors (Lipinski definition) is 1. The standard InChI is InChI=1S/C13H21NO3/c1-7-5-10(15)14(9-6-13(9,3)4)8(2)11(7)12(16)17/h7-9,11H,5-6H2,1-4H3,(H,16,17). The molecule has 1 heterocycles. The molecule has 1 aliphatic carbocycles. The minimum absolute atomic E-state index is 0.0619. The maximum atomic E-state index is 12.1. The summed E-state index contributed by atoms with van der Waals surface area (Å²) in [5.41, 5.74) is 0.160. The number of piperidine rings is 1. The molecular weight excluding hydrogens is 218 g/mol. The molecule has 4 unspecified atom stereocenters. The van der Waals surface area contributed by atoms with Crippen molar-refractivity contribution < 1.29 is 14.7 Å². The van der Waals surface area contributed by atoms with Gasteiger partial charge in [-0.15, -0.1) is 0 Å². The number of nitrogens with zero attached hydrogens (tertiary/aromatic N) is 1. The molecule has 1 amide bonds. The van der Waals surface area contributed by atoms with E-state index in [1.54, 1.807) is 0 Å². The number of carbonyl (C=O) groups is 2. The molecule has 4 atom stereocenters. The van der Waals surface area contributed by atoms with Gasteiger partial charge in [0.25, 0.3) is 0 Å². The van der Waals surface area contributed by atoms with E-state index in [4.69, 9.17) is 0 Å². The molecule has 0 aromatic rings. The van der Waals surface area contributed by atoms with Crippen LogP contribution in [0.5, 0.6) is 0 Å². The minimum Gasteiger partial charge on any atom is -0.481 e. The van der Waals surface area contributed by atoms with Gasteiger partial charge in [-0.25, -0.2) is 0 Å². The summed E-state index contributed by atoms with van der Waals surface area (Å²) in [6.07, 6.45) is 1.36. The molecule has 0 spiro atoms. The Morgan fingerprint density at radius 3 is 2.35 bits per heavy atom. The maximum absolute atomic E-state index is 12.1. The van der Waals surface area contributed by atoms with Crippen molar-refractivity contribution in [1.29, 1.82) is 0 Å². The fourth-order valence-electron chi connectivity index (χ4n) is 3.21. The van der Waals surface area contributed by atoms with Gasteiger partial charge in [-0.05, 0) is 24.7 Å². The van der Waals surface area contributed by atoms with Crippen LogP contribution in [0.25, 0.3) is 0 Å².